The molecule has 0 spiro atoms. The van der Waals surface area contributed by atoms with Gasteiger partial charge in [-0.05, 0) is 49.7 Å². The molecular formula is C25H30N4O2. The maximum Gasteiger partial charge on any atom is 0.253 e. The number of carbonyl (C=O) groups excluding carboxylic acids is 1. The molecule has 0 unspecified atom stereocenters. The van der Waals surface area contributed by atoms with E-state index in [0.717, 1.165) is 43.3 Å². The number of imidazole rings is 1. The van der Waals surface area contributed by atoms with Crippen LogP contribution in [0.2, 0.25) is 0 Å². The van der Waals surface area contributed by atoms with E-state index in [9.17, 15) is 4.79 Å². The van der Waals surface area contributed by atoms with E-state index in [-0.39, 0.29) is 5.91 Å². The van der Waals surface area contributed by atoms with Crippen LogP contribution in [0.15, 0.2) is 60.9 Å². The van der Waals surface area contributed by atoms with Crippen molar-refractivity contribution in [2.45, 2.75) is 26.7 Å². The number of amides is 1. The highest BCUT2D eigenvalue weighted by Crippen LogP contribution is 2.21. The molecule has 2 heterocycles. The molecule has 0 N–H and O–H groups in total. The van der Waals surface area contributed by atoms with E-state index in [1.807, 2.05) is 41.6 Å². The Morgan fingerprint density at radius 3 is 2.39 bits per heavy atom. The van der Waals surface area contributed by atoms with Crippen molar-refractivity contribution < 1.29 is 9.53 Å². The number of hydrogen-bond donors (Lipinski definition) is 0. The number of nitrogens with zero attached hydrogens (tertiary/aromatic N) is 4. The highest BCUT2D eigenvalue weighted by atomic mass is 16.5. The number of benzene rings is 2. The number of unbranched alkanes of at least 4 members (excludes halogenated alkanes) is 1. The molecule has 1 fully saturated rings. The number of ether oxygens (including phenoxy) is 1. The number of carbonyl (C=O) groups is 1. The van der Waals surface area contributed by atoms with Gasteiger partial charge in [0, 0.05) is 49.8 Å². The molecule has 1 amide bonds. The Hall–Kier alpha value is -3.28. The van der Waals surface area contributed by atoms with Crippen molar-refractivity contribution in [2.24, 2.45) is 0 Å². The molecule has 2 aromatic carbocycles. The lowest BCUT2D eigenvalue weighted by Crippen LogP contribution is -2.49. The minimum absolute atomic E-state index is 0.0710. The third kappa shape index (κ3) is 4.90. The summed E-state index contributed by atoms with van der Waals surface area (Å²) >= 11 is 0. The lowest BCUT2D eigenvalue weighted by molar-refractivity contribution is 0.0746. The van der Waals surface area contributed by atoms with Gasteiger partial charge in [-0.3, -0.25) is 9.36 Å². The third-order valence-electron chi connectivity index (χ3n) is 5.65. The van der Waals surface area contributed by atoms with Crippen LogP contribution in [0.25, 0.3) is 5.69 Å². The lowest BCUT2D eigenvalue weighted by atomic mass is 10.1. The van der Waals surface area contributed by atoms with Gasteiger partial charge < -0.3 is 14.5 Å². The van der Waals surface area contributed by atoms with Crippen LogP contribution in [-0.4, -0.2) is 53.1 Å². The van der Waals surface area contributed by atoms with E-state index in [0.29, 0.717) is 25.3 Å². The molecule has 0 radical (unpaired) electrons. The van der Waals surface area contributed by atoms with Crippen molar-refractivity contribution in [3.05, 3.63) is 72.1 Å². The Labute approximate surface area is 184 Å². The van der Waals surface area contributed by atoms with Crippen LogP contribution < -0.4 is 9.64 Å². The Morgan fingerprint density at radius 2 is 1.71 bits per heavy atom. The van der Waals surface area contributed by atoms with Crippen LogP contribution in [0, 0.1) is 6.92 Å². The van der Waals surface area contributed by atoms with Gasteiger partial charge in [0.25, 0.3) is 5.91 Å². The minimum atomic E-state index is 0.0710. The van der Waals surface area contributed by atoms with Crippen molar-refractivity contribution >= 4 is 11.9 Å². The summed E-state index contributed by atoms with van der Waals surface area (Å²) in [4.78, 5) is 21.7. The lowest BCUT2D eigenvalue weighted by Gasteiger charge is -2.35. The molecule has 6 nitrogen and oxygen atoms in total. The summed E-state index contributed by atoms with van der Waals surface area (Å²) in [7, 11) is 0. The van der Waals surface area contributed by atoms with Crippen molar-refractivity contribution in [1.82, 2.24) is 14.5 Å². The number of anilines is 1. The fraction of sp³-hybridized carbons (Fsp3) is 0.360. The van der Waals surface area contributed by atoms with Crippen LogP contribution in [0.3, 0.4) is 0 Å². The first-order valence-corrected chi connectivity index (χ1v) is 11.0. The molecule has 0 aliphatic carbocycles. The molecular weight excluding hydrogens is 388 g/mol. The molecule has 162 valence electrons. The summed E-state index contributed by atoms with van der Waals surface area (Å²) in [6, 6.07) is 15.9. The summed E-state index contributed by atoms with van der Waals surface area (Å²) in [6.45, 7) is 7.80. The smallest absolute Gasteiger partial charge is 0.253 e. The van der Waals surface area contributed by atoms with E-state index >= 15 is 0 Å². The van der Waals surface area contributed by atoms with Crippen LogP contribution in [0.4, 0.5) is 5.95 Å². The highest BCUT2D eigenvalue weighted by molar-refractivity contribution is 5.94. The van der Waals surface area contributed by atoms with Crippen molar-refractivity contribution in [1.29, 1.82) is 0 Å². The fourth-order valence-corrected chi connectivity index (χ4v) is 3.76. The molecule has 1 aromatic heterocycles. The second kappa shape index (κ2) is 9.69. The molecule has 31 heavy (non-hydrogen) atoms. The quantitative estimate of drug-likeness (QED) is 0.536. The monoisotopic (exact) mass is 418 g/mol. The molecule has 0 saturated carbocycles. The minimum Gasteiger partial charge on any atom is -0.494 e. The van der Waals surface area contributed by atoms with E-state index in [1.165, 1.54) is 5.56 Å². The molecule has 6 heteroatoms. The first-order valence-electron chi connectivity index (χ1n) is 11.0. The van der Waals surface area contributed by atoms with Gasteiger partial charge in [0.1, 0.15) is 5.75 Å². The maximum absolute atomic E-state index is 12.9. The summed E-state index contributed by atoms with van der Waals surface area (Å²) in [6.07, 6.45) is 5.96. The van der Waals surface area contributed by atoms with Crippen LogP contribution in [0.1, 0.15) is 35.7 Å². The van der Waals surface area contributed by atoms with Crippen molar-refractivity contribution in [2.75, 3.05) is 37.7 Å². The van der Waals surface area contributed by atoms with Gasteiger partial charge >= 0.3 is 0 Å². The largest absolute Gasteiger partial charge is 0.494 e. The van der Waals surface area contributed by atoms with Gasteiger partial charge in [-0.1, -0.05) is 31.0 Å². The standard InChI is InChI=1S/C25H30N4O2/c1-3-4-19-31-23-11-7-21(8-12-23)24(30)27-15-17-28(18-16-27)25-26-13-14-29(25)22-9-5-20(2)6-10-22/h5-14H,3-4,15-19H2,1-2H3. The summed E-state index contributed by atoms with van der Waals surface area (Å²) in [5.74, 6) is 1.81. The third-order valence-corrected chi connectivity index (χ3v) is 5.65. The highest BCUT2D eigenvalue weighted by Gasteiger charge is 2.24. The Bertz CT molecular complexity index is 987. The molecule has 1 saturated heterocycles. The van der Waals surface area contributed by atoms with Gasteiger partial charge in [0.2, 0.25) is 5.95 Å². The normalized spacial score (nSPS) is 14.0. The van der Waals surface area contributed by atoms with Crippen LogP contribution in [0.5, 0.6) is 5.75 Å². The zero-order valence-electron chi connectivity index (χ0n) is 18.3. The first-order chi connectivity index (χ1) is 15.2. The van der Waals surface area contributed by atoms with E-state index in [4.69, 9.17) is 4.74 Å². The van der Waals surface area contributed by atoms with Crippen molar-refractivity contribution in [3.63, 3.8) is 0 Å². The number of aryl methyl sites for hydroxylation is 1. The fourth-order valence-electron chi connectivity index (χ4n) is 3.76. The Balaban J connectivity index is 1.36. The summed E-state index contributed by atoms with van der Waals surface area (Å²) < 4.78 is 7.80. The first kappa shape index (κ1) is 21.0. The SMILES string of the molecule is CCCCOc1ccc(C(=O)N2CCN(c3nccn3-c3ccc(C)cc3)CC2)cc1. The van der Waals surface area contributed by atoms with Gasteiger partial charge in [-0.2, -0.15) is 0 Å². The zero-order chi connectivity index (χ0) is 21.6. The van der Waals surface area contributed by atoms with Gasteiger partial charge in [-0.25, -0.2) is 4.98 Å². The number of rotatable bonds is 7. The molecule has 3 aromatic rings. The van der Waals surface area contributed by atoms with E-state index in [2.05, 4.69) is 52.6 Å². The second-order valence-electron chi connectivity index (χ2n) is 7.94. The molecule has 0 bridgehead atoms. The van der Waals surface area contributed by atoms with Crippen LogP contribution >= 0.6 is 0 Å². The second-order valence-corrected chi connectivity index (χ2v) is 7.94. The average molecular weight is 419 g/mol. The summed E-state index contributed by atoms with van der Waals surface area (Å²) in [5.41, 5.74) is 3.04. The van der Waals surface area contributed by atoms with E-state index < -0.39 is 0 Å². The van der Waals surface area contributed by atoms with Gasteiger partial charge in [-0.15, -0.1) is 0 Å². The molecule has 0 atom stereocenters. The van der Waals surface area contributed by atoms with Gasteiger partial charge in [0.15, 0.2) is 0 Å². The predicted octanol–water partition coefficient (Wildman–Crippen LogP) is 4.32. The zero-order valence-corrected chi connectivity index (χ0v) is 18.3. The van der Waals surface area contributed by atoms with Crippen LogP contribution in [-0.2, 0) is 0 Å². The number of hydrogen-bond acceptors (Lipinski definition) is 4. The number of aromatic nitrogens is 2. The topological polar surface area (TPSA) is 50.6 Å². The summed E-state index contributed by atoms with van der Waals surface area (Å²) in [5, 5.41) is 0. The Morgan fingerprint density at radius 1 is 1.00 bits per heavy atom. The van der Waals surface area contributed by atoms with Crippen molar-refractivity contribution in [3.8, 4) is 11.4 Å². The number of piperazine rings is 1. The Kier molecular flexibility index (Phi) is 6.55. The molecule has 1 aliphatic rings. The van der Waals surface area contributed by atoms with E-state index in [1.54, 1.807) is 0 Å². The van der Waals surface area contributed by atoms with Gasteiger partial charge in [0.05, 0.1) is 6.61 Å². The predicted molar refractivity (Wildman–Crippen MR) is 123 cm³/mol. The maximum atomic E-state index is 12.9. The molecule has 1 aliphatic heterocycles. The molecule has 4 rings (SSSR count). The average Bonchev–Trinajstić information content (AvgIpc) is 3.30.